The summed E-state index contributed by atoms with van der Waals surface area (Å²) in [6.07, 6.45) is -2.39. The minimum absolute atomic E-state index is 0.499. The molecule has 0 bridgehead atoms. The molecule has 0 aliphatic rings. The van der Waals surface area contributed by atoms with Crippen molar-refractivity contribution in [1.29, 1.82) is 0 Å². The van der Waals surface area contributed by atoms with Gasteiger partial charge in [-0.15, -0.1) is 0 Å². The van der Waals surface area contributed by atoms with Crippen molar-refractivity contribution in [1.82, 2.24) is 0 Å². The van der Waals surface area contributed by atoms with E-state index in [1.165, 1.54) is 0 Å². The first-order valence-electron chi connectivity index (χ1n) is 3.48. The van der Waals surface area contributed by atoms with E-state index in [1.54, 1.807) is 36.3 Å². The minimum Gasteiger partial charge on any atom is -0.191 e. The van der Waals surface area contributed by atoms with Gasteiger partial charge in [-0.2, -0.15) is 13.2 Å². The highest BCUT2D eigenvalue weighted by atomic mass is 19.3. The van der Waals surface area contributed by atoms with Crippen LogP contribution in [0.15, 0.2) is 42.2 Å². The van der Waals surface area contributed by atoms with E-state index in [9.17, 15) is 13.2 Å². The quantitative estimate of drug-likeness (QED) is 0.541. The van der Waals surface area contributed by atoms with Crippen molar-refractivity contribution in [2.45, 2.75) is 0 Å². The number of hydrogen-bond acceptors (Lipinski definition) is 0. The van der Waals surface area contributed by atoms with Gasteiger partial charge in [0, 0.05) is 5.56 Å². The van der Waals surface area contributed by atoms with Gasteiger partial charge < -0.3 is 0 Å². The zero-order valence-electron chi connectivity index (χ0n) is 6.52. The minimum atomic E-state index is -2.39. The summed E-state index contributed by atoms with van der Waals surface area (Å²) in [5.74, 6) is 2.30. The molecular formula is C10H5F3. The van der Waals surface area contributed by atoms with E-state index < -0.39 is 11.9 Å². The maximum atomic E-state index is 12.2. The van der Waals surface area contributed by atoms with E-state index in [1.807, 2.05) is 0 Å². The van der Waals surface area contributed by atoms with Crippen LogP contribution in [0.2, 0.25) is 0 Å². The molecule has 1 aromatic rings. The van der Waals surface area contributed by atoms with Crippen LogP contribution in [-0.4, -0.2) is 0 Å². The number of hydrogen-bond donors (Lipinski definition) is 0. The maximum absolute atomic E-state index is 12.2. The molecule has 0 amide bonds. The lowest BCUT2D eigenvalue weighted by Crippen LogP contribution is -1.73. The lowest BCUT2D eigenvalue weighted by atomic mass is 10.2. The molecule has 0 unspecified atom stereocenters. The predicted octanol–water partition coefficient (Wildman–Crippen LogP) is 3.12. The summed E-state index contributed by atoms with van der Waals surface area (Å²) in [6.45, 7) is 0. The Labute approximate surface area is 73.7 Å². The Morgan fingerprint density at radius 3 is 2.15 bits per heavy atom. The van der Waals surface area contributed by atoms with Crippen LogP contribution in [0.5, 0.6) is 0 Å². The molecule has 0 aliphatic heterocycles. The van der Waals surface area contributed by atoms with Crippen molar-refractivity contribution in [3.8, 4) is 11.8 Å². The lowest BCUT2D eigenvalue weighted by Gasteiger charge is -1.85. The first kappa shape index (κ1) is 9.40. The topological polar surface area (TPSA) is 0 Å². The van der Waals surface area contributed by atoms with E-state index in [4.69, 9.17) is 0 Å². The highest BCUT2D eigenvalue weighted by Gasteiger charge is 1.98. The summed E-state index contributed by atoms with van der Waals surface area (Å²) >= 11 is 0. The molecule has 0 aliphatic carbocycles. The molecule has 0 saturated carbocycles. The largest absolute Gasteiger partial charge is 0.314 e. The van der Waals surface area contributed by atoms with Crippen molar-refractivity contribution >= 4 is 0 Å². The highest BCUT2D eigenvalue weighted by Crippen LogP contribution is 2.07. The van der Waals surface area contributed by atoms with E-state index in [-0.39, 0.29) is 0 Å². The van der Waals surface area contributed by atoms with Crippen molar-refractivity contribution in [3.63, 3.8) is 0 Å². The summed E-state index contributed by atoms with van der Waals surface area (Å²) in [4.78, 5) is 0. The Balaban J connectivity index is 2.86. The van der Waals surface area contributed by atoms with Gasteiger partial charge in [0.1, 0.15) is 0 Å². The molecule has 0 atom stereocenters. The van der Waals surface area contributed by atoms with Crippen molar-refractivity contribution < 1.29 is 13.2 Å². The molecule has 0 saturated heterocycles. The first-order valence-corrected chi connectivity index (χ1v) is 3.48. The molecule has 1 rings (SSSR count). The van der Waals surface area contributed by atoms with Crippen LogP contribution in [0, 0.1) is 11.8 Å². The van der Waals surface area contributed by atoms with Crippen LogP contribution in [-0.2, 0) is 0 Å². The predicted molar refractivity (Wildman–Crippen MR) is 43.7 cm³/mol. The van der Waals surface area contributed by atoms with Gasteiger partial charge in [0.15, 0.2) is 0 Å². The van der Waals surface area contributed by atoms with Crippen molar-refractivity contribution in [2.75, 3.05) is 0 Å². The van der Waals surface area contributed by atoms with Crippen LogP contribution in [0.25, 0.3) is 0 Å². The average Bonchev–Trinajstić information content (AvgIpc) is 2.15. The van der Waals surface area contributed by atoms with Gasteiger partial charge in [-0.1, -0.05) is 24.1 Å². The van der Waals surface area contributed by atoms with Gasteiger partial charge in [0.2, 0.25) is 5.83 Å². The molecule has 0 nitrogen and oxygen atoms in total. The standard InChI is InChI=1S/C10H5F3/c11-9(10(12)13)7-6-8-4-2-1-3-5-8/h1-5H. The first-order chi connectivity index (χ1) is 6.20. The smallest absolute Gasteiger partial charge is 0.191 e. The van der Waals surface area contributed by atoms with Gasteiger partial charge in [0.05, 0.1) is 0 Å². The van der Waals surface area contributed by atoms with Gasteiger partial charge in [-0.05, 0) is 18.1 Å². The van der Waals surface area contributed by atoms with Crippen molar-refractivity contribution in [3.05, 3.63) is 47.8 Å². The molecular weight excluding hydrogens is 177 g/mol. The third-order valence-corrected chi connectivity index (χ3v) is 1.26. The van der Waals surface area contributed by atoms with Crippen molar-refractivity contribution in [2.24, 2.45) is 0 Å². The average molecular weight is 182 g/mol. The molecule has 3 heteroatoms. The van der Waals surface area contributed by atoms with Gasteiger partial charge >= 0.3 is 6.08 Å². The fourth-order valence-electron chi connectivity index (χ4n) is 0.696. The van der Waals surface area contributed by atoms with Gasteiger partial charge in [-0.25, -0.2) is 0 Å². The van der Waals surface area contributed by atoms with E-state index in [0.717, 1.165) is 0 Å². The molecule has 66 valence electrons. The maximum Gasteiger partial charge on any atom is 0.314 e. The second kappa shape index (κ2) is 4.36. The molecule has 0 N–H and O–H groups in total. The Kier molecular flexibility index (Phi) is 3.15. The third kappa shape index (κ3) is 3.04. The van der Waals surface area contributed by atoms with E-state index in [2.05, 4.69) is 5.92 Å². The number of benzene rings is 1. The van der Waals surface area contributed by atoms with E-state index >= 15 is 0 Å². The summed E-state index contributed by atoms with van der Waals surface area (Å²) in [7, 11) is 0. The van der Waals surface area contributed by atoms with Crippen LogP contribution < -0.4 is 0 Å². The Bertz CT molecular complexity index is 364. The number of halogens is 3. The summed E-state index contributed by atoms with van der Waals surface area (Å²) in [5, 5.41) is 0. The summed E-state index contributed by atoms with van der Waals surface area (Å²) in [5.41, 5.74) is 0.499. The van der Waals surface area contributed by atoms with Crippen LogP contribution in [0.1, 0.15) is 5.56 Å². The molecule has 1 aromatic carbocycles. The Hall–Kier alpha value is -1.69. The highest BCUT2D eigenvalue weighted by molar-refractivity contribution is 5.38. The molecule has 13 heavy (non-hydrogen) atoms. The fourth-order valence-corrected chi connectivity index (χ4v) is 0.696. The molecule has 0 aromatic heterocycles. The number of rotatable bonds is 0. The number of allylic oxidation sites excluding steroid dienone is 1. The Morgan fingerprint density at radius 2 is 1.62 bits per heavy atom. The molecule has 0 heterocycles. The van der Waals surface area contributed by atoms with Crippen LogP contribution >= 0.6 is 0 Å². The SMILES string of the molecule is FC(F)=C(F)C#Cc1ccccc1. The second-order valence-corrected chi connectivity index (χ2v) is 2.19. The zero-order valence-corrected chi connectivity index (χ0v) is 6.52. The Morgan fingerprint density at radius 1 is 1.00 bits per heavy atom. The monoisotopic (exact) mass is 182 g/mol. The molecule has 0 fully saturated rings. The van der Waals surface area contributed by atoms with E-state index in [0.29, 0.717) is 5.56 Å². The second-order valence-electron chi connectivity index (χ2n) is 2.19. The summed E-state index contributed by atoms with van der Waals surface area (Å²) in [6, 6.07) is 8.36. The zero-order chi connectivity index (χ0) is 9.68. The lowest BCUT2D eigenvalue weighted by molar-refractivity contribution is 0.389. The van der Waals surface area contributed by atoms with Crippen LogP contribution in [0.4, 0.5) is 13.2 Å². The molecule has 0 radical (unpaired) electrons. The van der Waals surface area contributed by atoms with Gasteiger partial charge in [-0.3, -0.25) is 0 Å². The van der Waals surface area contributed by atoms with Crippen LogP contribution in [0.3, 0.4) is 0 Å². The fraction of sp³-hybridized carbons (Fsp3) is 0. The van der Waals surface area contributed by atoms with Gasteiger partial charge in [0.25, 0.3) is 0 Å². The summed E-state index contributed by atoms with van der Waals surface area (Å²) < 4.78 is 35.2. The molecule has 0 spiro atoms. The normalized spacial score (nSPS) is 8.54. The third-order valence-electron chi connectivity index (χ3n) is 1.26.